The molecule has 0 saturated heterocycles. The molecule has 4 rings (SSSR count). The van der Waals surface area contributed by atoms with Gasteiger partial charge in [0.25, 0.3) is 5.91 Å². The number of carbonyl (C=O) groups excluding carboxylic acids is 2. The lowest BCUT2D eigenvalue weighted by Gasteiger charge is -2.17. The summed E-state index contributed by atoms with van der Waals surface area (Å²) in [5.74, 6) is -0.0815. The molecule has 3 heterocycles. The van der Waals surface area contributed by atoms with Crippen LogP contribution in [0.2, 0.25) is 0 Å². The third-order valence-electron chi connectivity index (χ3n) is 5.46. The Morgan fingerprint density at radius 3 is 2.68 bits per heavy atom. The standard InChI is InChI=1S/C21H23N5O2/c1-11(14-6-7-18-15(8-14)9-19(27)25(18)4)23-21(28)17-10-16-13(3)24-26(5)20(16)22-12(17)2/h6-8,10-11H,9H2,1-5H3,(H,23,28). The number of aryl methyl sites for hydroxylation is 3. The van der Waals surface area contributed by atoms with Gasteiger partial charge in [0.1, 0.15) is 0 Å². The van der Waals surface area contributed by atoms with Gasteiger partial charge in [0, 0.05) is 25.2 Å². The third kappa shape index (κ3) is 2.83. The number of hydrogen-bond donors (Lipinski definition) is 1. The first-order chi connectivity index (χ1) is 13.3. The van der Waals surface area contributed by atoms with Gasteiger partial charge in [0.15, 0.2) is 5.65 Å². The molecule has 1 aromatic carbocycles. The SMILES string of the molecule is Cc1nc2c(cc1C(=O)NC(C)c1ccc3c(c1)CC(=O)N3C)c(C)nn2C. The normalized spacial score (nSPS) is 14.5. The van der Waals surface area contributed by atoms with Crippen molar-refractivity contribution in [2.45, 2.75) is 33.2 Å². The molecule has 2 aromatic heterocycles. The van der Waals surface area contributed by atoms with Gasteiger partial charge in [-0.15, -0.1) is 0 Å². The molecule has 144 valence electrons. The molecule has 0 bridgehead atoms. The Bertz CT molecular complexity index is 1130. The molecule has 0 spiro atoms. The second-order valence-electron chi connectivity index (χ2n) is 7.41. The van der Waals surface area contributed by atoms with Crippen LogP contribution in [0.3, 0.4) is 0 Å². The van der Waals surface area contributed by atoms with E-state index >= 15 is 0 Å². The summed E-state index contributed by atoms with van der Waals surface area (Å²) in [7, 11) is 3.63. The van der Waals surface area contributed by atoms with E-state index in [1.165, 1.54) is 0 Å². The third-order valence-corrected chi connectivity index (χ3v) is 5.46. The topological polar surface area (TPSA) is 80.1 Å². The van der Waals surface area contributed by atoms with Crippen molar-refractivity contribution in [3.63, 3.8) is 0 Å². The first-order valence-electron chi connectivity index (χ1n) is 9.27. The number of carbonyl (C=O) groups is 2. The van der Waals surface area contributed by atoms with Crippen LogP contribution in [-0.4, -0.2) is 33.6 Å². The van der Waals surface area contributed by atoms with Gasteiger partial charge in [-0.3, -0.25) is 14.3 Å². The predicted molar refractivity (Wildman–Crippen MR) is 107 cm³/mol. The quantitative estimate of drug-likeness (QED) is 0.761. The smallest absolute Gasteiger partial charge is 0.253 e. The Morgan fingerprint density at radius 1 is 1.18 bits per heavy atom. The zero-order valence-electron chi connectivity index (χ0n) is 16.7. The fourth-order valence-corrected chi connectivity index (χ4v) is 3.78. The Balaban J connectivity index is 1.60. The second-order valence-corrected chi connectivity index (χ2v) is 7.41. The summed E-state index contributed by atoms with van der Waals surface area (Å²) >= 11 is 0. The number of hydrogen-bond acceptors (Lipinski definition) is 4. The van der Waals surface area contributed by atoms with E-state index in [9.17, 15) is 9.59 Å². The molecule has 3 aromatic rings. The molecule has 2 amide bonds. The van der Waals surface area contributed by atoms with Gasteiger partial charge in [-0.05, 0) is 44.0 Å². The summed E-state index contributed by atoms with van der Waals surface area (Å²) in [4.78, 5) is 31.0. The van der Waals surface area contributed by atoms with E-state index in [0.29, 0.717) is 17.7 Å². The van der Waals surface area contributed by atoms with Gasteiger partial charge in [-0.2, -0.15) is 5.10 Å². The summed E-state index contributed by atoms with van der Waals surface area (Å²) in [6.45, 7) is 5.68. The minimum absolute atomic E-state index is 0.0886. The van der Waals surface area contributed by atoms with Crippen LogP contribution in [0.4, 0.5) is 5.69 Å². The molecule has 7 nitrogen and oxygen atoms in total. The molecule has 0 radical (unpaired) electrons. The lowest BCUT2D eigenvalue weighted by atomic mass is 10.0. The number of nitrogens with one attached hydrogen (secondary N) is 1. The number of rotatable bonds is 3. The zero-order valence-corrected chi connectivity index (χ0v) is 16.7. The molecule has 0 saturated carbocycles. The predicted octanol–water partition coefficient (Wildman–Crippen LogP) is 2.60. The zero-order chi connectivity index (χ0) is 20.2. The van der Waals surface area contributed by atoms with Gasteiger partial charge in [0.2, 0.25) is 5.91 Å². The molecule has 7 heteroatoms. The second kappa shape index (κ2) is 6.44. The maximum Gasteiger partial charge on any atom is 0.253 e. The number of pyridine rings is 1. The van der Waals surface area contributed by atoms with E-state index in [2.05, 4.69) is 15.4 Å². The molecule has 28 heavy (non-hydrogen) atoms. The summed E-state index contributed by atoms with van der Waals surface area (Å²) in [6, 6.07) is 7.57. The first-order valence-corrected chi connectivity index (χ1v) is 9.27. The summed E-state index contributed by atoms with van der Waals surface area (Å²) < 4.78 is 1.73. The number of nitrogens with zero attached hydrogens (tertiary/aromatic N) is 4. The molecule has 1 N–H and O–H groups in total. The van der Waals surface area contributed by atoms with Gasteiger partial charge < -0.3 is 10.2 Å². The minimum atomic E-state index is -0.191. The van der Waals surface area contributed by atoms with E-state index in [1.807, 2.05) is 52.1 Å². The molecule has 1 aliphatic heterocycles. The number of benzene rings is 1. The van der Waals surface area contributed by atoms with E-state index < -0.39 is 0 Å². The van der Waals surface area contributed by atoms with Crippen molar-refractivity contribution in [1.29, 1.82) is 0 Å². The van der Waals surface area contributed by atoms with Crippen LogP contribution in [0.15, 0.2) is 24.3 Å². The molecular weight excluding hydrogens is 354 g/mol. The van der Waals surface area contributed by atoms with Crippen LogP contribution in [0.1, 0.15) is 45.8 Å². The van der Waals surface area contributed by atoms with Crippen LogP contribution >= 0.6 is 0 Å². The number of likely N-dealkylation sites (N-methyl/N-ethyl adjacent to an activating group) is 1. The average molecular weight is 377 g/mol. The lowest BCUT2D eigenvalue weighted by molar-refractivity contribution is -0.117. The van der Waals surface area contributed by atoms with E-state index in [0.717, 1.165) is 33.5 Å². The van der Waals surface area contributed by atoms with Crippen LogP contribution in [0, 0.1) is 13.8 Å². The van der Waals surface area contributed by atoms with Crippen LogP contribution in [0.25, 0.3) is 11.0 Å². The Hall–Kier alpha value is -3.22. The summed E-state index contributed by atoms with van der Waals surface area (Å²) in [6.07, 6.45) is 0.403. The lowest BCUT2D eigenvalue weighted by Crippen LogP contribution is -2.27. The van der Waals surface area contributed by atoms with Gasteiger partial charge in [-0.25, -0.2) is 4.98 Å². The maximum atomic E-state index is 12.9. The Morgan fingerprint density at radius 2 is 1.93 bits per heavy atom. The van der Waals surface area contributed by atoms with Crippen LogP contribution in [0.5, 0.6) is 0 Å². The first kappa shape index (κ1) is 18.2. The van der Waals surface area contributed by atoms with E-state index in [4.69, 9.17) is 0 Å². The minimum Gasteiger partial charge on any atom is -0.345 e. The fourth-order valence-electron chi connectivity index (χ4n) is 3.78. The van der Waals surface area contributed by atoms with Crippen molar-refractivity contribution in [3.05, 3.63) is 52.3 Å². The molecular formula is C21H23N5O2. The number of fused-ring (bicyclic) bond motifs is 2. The van der Waals surface area contributed by atoms with Crippen molar-refractivity contribution in [1.82, 2.24) is 20.1 Å². The maximum absolute atomic E-state index is 12.9. The van der Waals surface area contributed by atoms with Gasteiger partial charge in [0.05, 0.1) is 29.4 Å². The van der Waals surface area contributed by atoms with Crippen LogP contribution < -0.4 is 10.2 Å². The Kier molecular flexibility index (Phi) is 4.18. The van der Waals surface area contributed by atoms with E-state index in [1.54, 1.807) is 16.6 Å². The monoisotopic (exact) mass is 377 g/mol. The molecule has 0 aliphatic carbocycles. The van der Waals surface area contributed by atoms with Gasteiger partial charge >= 0.3 is 0 Å². The molecule has 1 unspecified atom stereocenters. The fraction of sp³-hybridized carbons (Fsp3) is 0.333. The van der Waals surface area contributed by atoms with Crippen molar-refractivity contribution in [2.75, 3.05) is 11.9 Å². The number of amides is 2. The van der Waals surface area contributed by atoms with Gasteiger partial charge in [-0.1, -0.05) is 12.1 Å². The molecule has 0 fully saturated rings. The van der Waals surface area contributed by atoms with Crippen molar-refractivity contribution < 1.29 is 9.59 Å². The highest BCUT2D eigenvalue weighted by molar-refractivity contribution is 6.01. The van der Waals surface area contributed by atoms with Crippen molar-refractivity contribution >= 4 is 28.5 Å². The highest BCUT2D eigenvalue weighted by Gasteiger charge is 2.25. The molecule has 1 atom stereocenters. The average Bonchev–Trinajstić information content (AvgIpc) is 3.09. The largest absolute Gasteiger partial charge is 0.345 e. The summed E-state index contributed by atoms with van der Waals surface area (Å²) in [5, 5.41) is 8.31. The highest BCUT2D eigenvalue weighted by atomic mass is 16.2. The molecule has 1 aliphatic rings. The van der Waals surface area contributed by atoms with Crippen molar-refractivity contribution in [2.24, 2.45) is 7.05 Å². The van der Waals surface area contributed by atoms with E-state index in [-0.39, 0.29) is 17.9 Å². The van der Waals surface area contributed by atoms with Crippen molar-refractivity contribution in [3.8, 4) is 0 Å². The highest BCUT2D eigenvalue weighted by Crippen LogP contribution is 2.30. The van der Waals surface area contributed by atoms with Crippen LogP contribution in [-0.2, 0) is 18.3 Å². The number of aromatic nitrogens is 3. The summed E-state index contributed by atoms with van der Waals surface area (Å²) in [5.41, 5.74) is 5.74. The number of anilines is 1. The Labute approximate surface area is 163 Å².